The number of epoxide rings is 1. The maximum Gasteiger partial charge on any atom is 0.184 e. The minimum atomic E-state index is -0.572. The van der Waals surface area contributed by atoms with E-state index in [0.717, 1.165) is 11.3 Å². The molecule has 0 aromatic heterocycles. The number of hydrogen-bond donors (Lipinski definition) is 0. The van der Waals surface area contributed by atoms with Crippen LogP contribution in [0.5, 0.6) is 5.75 Å². The van der Waals surface area contributed by atoms with Gasteiger partial charge in [0, 0.05) is 5.56 Å². The topological polar surface area (TPSA) is 49.5 Å². The minimum Gasteiger partial charge on any atom is -0.497 e. The number of methoxy groups -OCH3 is 1. The van der Waals surface area contributed by atoms with Gasteiger partial charge in [-0.3, -0.25) is 0 Å². The molecular formula is C17H18O5. The molecule has 0 N–H and O–H groups in total. The van der Waals surface area contributed by atoms with Gasteiger partial charge in [-0.25, -0.2) is 0 Å². The summed E-state index contributed by atoms with van der Waals surface area (Å²) in [5.41, 5.74) is 0.372. The predicted molar refractivity (Wildman–Crippen MR) is 77.3 cm³/mol. The molecule has 3 aliphatic heterocycles. The highest BCUT2D eigenvalue weighted by Gasteiger charge is 2.64. The molecule has 0 amide bonds. The average Bonchev–Trinajstić information content (AvgIpc) is 3.34. The average molecular weight is 302 g/mol. The Kier molecular flexibility index (Phi) is 3.17. The molecule has 0 saturated carbocycles. The van der Waals surface area contributed by atoms with E-state index in [0.29, 0.717) is 6.61 Å². The van der Waals surface area contributed by atoms with Gasteiger partial charge in [0.25, 0.3) is 0 Å². The molecule has 22 heavy (non-hydrogen) atoms. The van der Waals surface area contributed by atoms with E-state index in [1.165, 1.54) is 0 Å². The summed E-state index contributed by atoms with van der Waals surface area (Å²) >= 11 is 0. The van der Waals surface area contributed by atoms with Crippen molar-refractivity contribution in [3.8, 4) is 18.1 Å². The van der Waals surface area contributed by atoms with Crippen molar-refractivity contribution in [3.05, 3.63) is 29.8 Å². The second-order valence-corrected chi connectivity index (χ2v) is 6.06. The lowest BCUT2D eigenvalue weighted by atomic mass is 9.89. The van der Waals surface area contributed by atoms with Gasteiger partial charge in [0.15, 0.2) is 6.29 Å². The summed E-state index contributed by atoms with van der Waals surface area (Å²) in [7, 11) is 1.64. The van der Waals surface area contributed by atoms with Gasteiger partial charge in [-0.1, -0.05) is 18.1 Å². The molecule has 3 fully saturated rings. The van der Waals surface area contributed by atoms with Crippen LogP contribution in [-0.4, -0.2) is 43.7 Å². The van der Waals surface area contributed by atoms with Crippen molar-refractivity contribution in [2.75, 3.05) is 13.7 Å². The fourth-order valence-corrected chi connectivity index (χ4v) is 3.21. The highest BCUT2D eigenvalue weighted by atomic mass is 16.7. The van der Waals surface area contributed by atoms with Crippen LogP contribution in [0.15, 0.2) is 24.3 Å². The molecule has 3 aliphatic rings. The fourth-order valence-electron chi connectivity index (χ4n) is 3.21. The Hall–Kier alpha value is -1.58. The molecule has 3 heterocycles. The fraction of sp³-hybridized carbons (Fsp3) is 0.529. The number of rotatable bonds is 2. The Morgan fingerprint density at radius 2 is 2.00 bits per heavy atom. The van der Waals surface area contributed by atoms with Crippen molar-refractivity contribution in [1.82, 2.24) is 0 Å². The third kappa shape index (κ3) is 2.11. The first-order chi connectivity index (χ1) is 10.6. The third-order valence-electron chi connectivity index (χ3n) is 4.50. The summed E-state index contributed by atoms with van der Waals surface area (Å²) in [6.07, 6.45) is 4.50. The van der Waals surface area contributed by atoms with E-state index in [1.54, 1.807) is 7.11 Å². The Morgan fingerprint density at radius 3 is 2.68 bits per heavy atom. The first kappa shape index (κ1) is 14.0. The lowest BCUT2D eigenvalue weighted by molar-refractivity contribution is -0.313. The van der Waals surface area contributed by atoms with E-state index in [1.807, 2.05) is 31.2 Å². The standard InChI is InChI=1S/C17H18O5/c1-4-12-13-14(20-13)15-17(2,22-12)9-19-16(21-15)10-5-7-11(18-3)8-6-10/h1,5-8,12-16H,9H2,2-3H3. The number of fused-ring (bicyclic) bond motifs is 3. The summed E-state index contributed by atoms with van der Waals surface area (Å²) in [6.45, 7) is 2.38. The number of hydrogen-bond acceptors (Lipinski definition) is 5. The van der Waals surface area contributed by atoms with Crippen LogP contribution in [0.2, 0.25) is 0 Å². The number of terminal acetylenes is 1. The van der Waals surface area contributed by atoms with E-state index >= 15 is 0 Å². The zero-order chi connectivity index (χ0) is 15.3. The van der Waals surface area contributed by atoms with E-state index in [-0.39, 0.29) is 24.4 Å². The maximum absolute atomic E-state index is 6.12. The molecule has 0 spiro atoms. The summed E-state index contributed by atoms with van der Waals surface area (Å²) in [6, 6.07) is 7.65. The summed E-state index contributed by atoms with van der Waals surface area (Å²) in [5, 5.41) is 0. The summed E-state index contributed by atoms with van der Waals surface area (Å²) in [4.78, 5) is 0. The molecular weight excluding hydrogens is 284 g/mol. The van der Waals surface area contributed by atoms with Crippen LogP contribution in [0.4, 0.5) is 0 Å². The SMILES string of the molecule is C#CC1OC2(C)COC(c3ccc(OC)cc3)OC2C2OC12. The van der Waals surface area contributed by atoms with E-state index in [2.05, 4.69) is 5.92 Å². The largest absolute Gasteiger partial charge is 0.497 e. The van der Waals surface area contributed by atoms with Crippen molar-refractivity contribution < 1.29 is 23.7 Å². The molecule has 0 bridgehead atoms. The Balaban J connectivity index is 1.53. The van der Waals surface area contributed by atoms with Gasteiger partial charge in [-0.2, -0.15) is 0 Å². The van der Waals surface area contributed by atoms with Gasteiger partial charge in [-0.05, 0) is 19.1 Å². The molecule has 5 heteroatoms. The van der Waals surface area contributed by atoms with E-state index < -0.39 is 11.9 Å². The number of ether oxygens (including phenoxy) is 5. The normalized spacial score (nSPS) is 42.7. The molecule has 5 nitrogen and oxygen atoms in total. The van der Waals surface area contributed by atoms with Crippen LogP contribution in [0.3, 0.4) is 0 Å². The second kappa shape index (κ2) is 4.97. The molecule has 1 aromatic rings. The van der Waals surface area contributed by atoms with Crippen molar-refractivity contribution in [2.45, 2.75) is 43.2 Å². The zero-order valence-corrected chi connectivity index (χ0v) is 12.5. The summed E-state index contributed by atoms with van der Waals surface area (Å²) < 4.78 is 28.8. The minimum absolute atomic E-state index is 0.00977. The van der Waals surface area contributed by atoms with Gasteiger partial charge < -0.3 is 23.7 Å². The molecule has 0 radical (unpaired) electrons. The zero-order valence-electron chi connectivity index (χ0n) is 12.5. The highest BCUT2D eigenvalue weighted by molar-refractivity contribution is 5.28. The maximum atomic E-state index is 6.12. The van der Waals surface area contributed by atoms with Gasteiger partial charge >= 0.3 is 0 Å². The molecule has 0 aliphatic carbocycles. The Labute approximate surface area is 129 Å². The Bertz CT molecular complexity index is 606. The first-order valence-electron chi connectivity index (χ1n) is 7.35. The lowest BCUT2D eigenvalue weighted by Crippen LogP contribution is -2.60. The van der Waals surface area contributed by atoms with Crippen LogP contribution in [0, 0.1) is 12.3 Å². The van der Waals surface area contributed by atoms with Gasteiger partial charge in [0.05, 0.1) is 13.7 Å². The molecule has 6 atom stereocenters. The Morgan fingerprint density at radius 1 is 1.23 bits per heavy atom. The van der Waals surface area contributed by atoms with Crippen LogP contribution in [-0.2, 0) is 18.9 Å². The van der Waals surface area contributed by atoms with Crippen molar-refractivity contribution in [1.29, 1.82) is 0 Å². The highest BCUT2D eigenvalue weighted by Crippen LogP contribution is 2.48. The van der Waals surface area contributed by atoms with Crippen molar-refractivity contribution in [3.63, 3.8) is 0 Å². The van der Waals surface area contributed by atoms with Gasteiger partial charge in [0.2, 0.25) is 0 Å². The number of benzene rings is 1. The lowest BCUT2D eigenvalue weighted by Gasteiger charge is -2.46. The smallest absolute Gasteiger partial charge is 0.184 e. The molecule has 1 aromatic carbocycles. The van der Waals surface area contributed by atoms with Crippen LogP contribution in [0.1, 0.15) is 18.8 Å². The van der Waals surface area contributed by atoms with Gasteiger partial charge in [0.1, 0.15) is 35.8 Å². The quantitative estimate of drug-likeness (QED) is 0.614. The predicted octanol–water partition coefficient (Wildman–Crippen LogP) is 1.67. The van der Waals surface area contributed by atoms with Crippen LogP contribution < -0.4 is 4.74 Å². The van der Waals surface area contributed by atoms with Crippen LogP contribution in [0.25, 0.3) is 0 Å². The monoisotopic (exact) mass is 302 g/mol. The molecule has 4 rings (SSSR count). The van der Waals surface area contributed by atoms with E-state index in [4.69, 9.17) is 30.1 Å². The van der Waals surface area contributed by atoms with Gasteiger partial charge in [-0.15, -0.1) is 6.42 Å². The molecule has 3 saturated heterocycles. The third-order valence-corrected chi connectivity index (χ3v) is 4.50. The molecule has 6 unspecified atom stereocenters. The van der Waals surface area contributed by atoms with Crippen molar-refractivity contribution >= 4 is 0 Å². The summed E-state index contributed by atoms with van der Waals surface area (Å²) in [5.74, 6) is 3.44. The van der Waals surface area contributed by atoms with E-state index in [9.17, 15) is 0 Å². The molecule has 116 valence electrons. The van der Waals surface area contributed by atoms with Crippen molar-refractivity contribution in [2.24, 2.45) is 0 Å². The first-order valence-corrected chi connectivity index (χ1v) is 7.35. The van der Waals surface area contributed by atoms with Crippen LogP contribution >= 0.6 is 0 Å². The second-order valence-electron chi connectivity index (χ2n) is 6.06.